The zero-order chi connectivity index (χ0) is 15.7. The van der Waals surface area contributed by atoms with Crippen molar-refractivity contribution in [1.29, 1.82) is 0 Å². The van der Waals surface area contributed by atoms with Crippen LogP contribution in [0.15, 0.2) is 24.3 Å². The Morgan fingerprint density at radius 2 is 2.10 bits per heavy atom. The summed E-state index contributed by atoms with van der Waals surface area (Å²) in [4.78, 5) is 16.3. The summed E-state index contributed by atoms with van der Waals surface area (Å²) >= 11 is 0. The SMILES string of the molecule is CCCC.CON(C)C(=O)/C=C/c1cccc2c1CCO2. The first-order valence-electron chi connectivity index (χ1n) is 7.38. The predicted octanol–water partition coefficient (Wildman–Crippen LogP) is 3.46. The van der Waals surface area contributed by atoms with Gasteiger partial charge in [-0.1, -0.05) is 38.8 Å². The fourth-order valence-electron chi connectivity index (χ4n) is 1.76. The van der Waals surface area contributed by atoms with Crippen molar-refractivity contribution < 1.29 is 14.4 Å². The summed E-state index contributed by atoms with van der Waals surface area (Å²) in [5.74, 6) is 0.726. The highest BCUT2D eigenvalue weighted by molar-refractivity contribution is 5.91. The maximum Gasteiger partial charge on any atom is 0.269 e. The second-order valence-corrected chi connectivity index (χ2v) is 4.77. The average molecular weight is 291 g/mol. The third kappa shape index (κ3) is 5.23. The molecule has 0 saturated carbocycles. The smallest absolute Gasteiger partial charge is 0.269 e. The van der Waals surface area contributed by atoms with E-state index in [9.17, 15) is 4.79 Å². The van der Waals surface area contributed by atoms with Crippen LogP contribution in [0, 0.1) is 0 Å². The Labute approximate surface area is 127 Å². The predicted molar refractivity (Wildman–Crippen MR) is 85.0 cm³/mol. The van der Waals surface area contributed by atoms with Gasteiger partial charge in [-0.3, -0.25) is 9.63 Å². The summed E-state index contributed by atoms with van der Waals surface area (Å²) in [6.45, 7) is 5.08. The molecule has 0 aromatic heterocycles. The number of fused-ring (bicyclic) bond motifs is 1. The van der Waals surface area contributed by atoms with Gasteiger partial charge in [0.05, 0.1) is 13.7 Å². The minimum atomic E-state index is -0.191. The van der Waals surface area contributed by atoms with Gasteiger partial charge in [0.25, 0.3) is 5.91 Å². The van der Waals surface area contributed by atoms with Crippen molar-refractivity contribution in [3.63, 3.8) is 0 Å². The average Bonchev–Trinajstić information content (AvgIpc) is 3.01. The highest BCUT2D eigenvalue weighted by Crippen LogP contribution is 2.28. The van der Waals surface area contributed by atoms with Crippen LogP contribution in [0.1, 0.15) is 37.8 Å². The van der Waals surface area contributed by atoms with Crippen LogP contribution >= 0.6 is 0 Å². The molecule has 0 radical (unpaired) electrons. The molecule has 116 valence electrons. The van der Waals surface area contributed by atoms with E-state index >= 15 is 0 Å². The lowest BCUT2D eigenvalue weighted by atomic mass is 10.0. The lowest BCUT2D eigenvalue weighted by Crippen LogP contribution is -2.22. The molecular formula is C17H25NO3. The zero-order valence-corrected chi connectivity index (χ0v) is 13.4. The summed E-state index contributed by atoms with van der Waals surface area (Å²) in [6, 6.07) is 5.85. The summed E-state index contributed by atoms with van der Waals surface area (Å²) < 4.78 is 5.46. The van der Waals surface area contributed by atoms with Crippen LogP contribution in [-0.4, -0.2) is 31.7 Å². The number of likely N-dealkylation sites (N-methyl/N-ethyl adjacent to an activating group) is 1. The standard InChI is InChI=1S/C13H15NO3.C4H10/c1-14(16-2)13(15)7-6-10-4-3-5-12-11(10)8-9-17-12;1-3-4-2/h3-7H,8-9H2,1-2H3;3-4H2,1-2H3/b7-6+;. The number of nitrogens with zero attached hydrogens (tertiary/aromatic N) is 1. The molecule has 1 aromatic carbocycles. The first-order valence-corrected chi connectivity index (χ1v) is 7.38. The van der Waals surface area contributed by atoms with Crippen molar-refractivity contribution in [2.45, 2.75) is 33.1 Å². The van der Waals surface area contributed by atoms with E-state index in [2.05, 4.69) is 13.8 Å². The van der Waals surface area contributed by atoms with Crippen LogP contribution in [0.2, 0.25) is 0 Å². The molecule has 4 heteroatoms. The largest absolute Gasteiger partial charge is 0.493 e. The van der Waals surface area contributed by atoms with Gasteiger partial charge in [0.15, 0.2) is 0 Å². The van der Waals surface area contributed by atoms with Gasteiger partial charge in [-0.25, -0.2) is 5.06 Å². The Hall–Kier alpha value is -1.81. The molecule has 0 spiro atoms. The molecule has 0 N–H and O–H groups in total. The first kappa shape index (κ1) is 17.2. The molecule has 0 fully saturated rings. The number of hydroxylamine groups is 2. The van der Waals surface area contributed by atoms with Crippen molar-refractivity contribution in [3.05, 3.63) is 35.4 Å². The van der Waals surface area contributed by atoms with E-state index in [1.165, 1.54) is 31.1 Å². The van der Waals surface area contributed by atoms with Crippen molar-refractivity contribution >= 4 is 12.0 Å². The van der Waals surface area contributed by atoms with E-state index in [1.54, 1.807) is 13.1 Å². The highest BCUT2D eigenvalue weighted by atomic mass is 16.7. The quantitative estimate of drug-likeness (QED) is 0.630. The lowest BCUT2D eigenvalue weighted by Gasteiger charge is -2.10. The van der Waals surface area contributed by atoms with E-state index in [0.29, 0.717) is 6.61 Å². The first-order chi connectivity index (χ1) is 10.1. The molecule has 4 nitrogen and oxygen atoms in total. The van der Waals surface area contributed by atoms with Crippen LogP contribution in [0.3, 0.4) is 0 Å². The van der Waals surface area contributed by atoms with Crippen LogP contribution in [0.5, 0.6) is 5.75 Å². The summed E-state index contributed by atoms with van der Waals surface area (Å²) in [7, 11) is 3.03. The van der Waals surface area contributed by atoms with Crippen molar-refractivity contribution in [2.24, 2.45) is 0 Å². The summed E-state index contributed by atoms with van der Waals surface area (Å²) in [6.07, 6.45) is 6.83. The molecule has 1 aliphatic rings. The third-order valence-corrected chi connectivity index (χ3v) is 3.27. The number of hydrogen-bond acceptors (Lipinski definition) is 3. The Kier molecular flexibility index (Phi) is 7.54. The van der Waals surface area contributed by atoms with Crippen molar-refractivity contribution in [1.82, 2.24) is 5.06 Å². The van der Waals surface area contributed by atoms with Crippen LogP contribution in [0.25, 0.3) is 6.08 Å². The molecule has 0 bridgehead atoms. The fraction of sp³-hybridized carbons (Fsp3) is 0.471. The number of carbonyl (C=O) groups is 1. The number of unbranched alkanes of at least 4 members (excludes halogenated alkanes) is 1. The maximum atomic E-state index is 11.5. The number of carbonyl (C=O) groups excluding carboxylic acids is 1. The number of ether oxygens (including phenoxy) is 1. The van der Waals surface area contributed by atoms with E-state index < -0.39 is 0 Å². The van der Waals surface area contributed by atoms with Gasteiger partial charge in [0.2, 0.25) is 0 Å². The molecule has 2 rings (SSSR count). The molecule has 0 aliphatic carbocycles. The normalized spacial score (nSPS) is 12.4. The lowest BCUT2D eigenvalue weighted by molar-refractivity contribution is -0.162. The van der Waals surface area contributed by atoms with Gasteiger partial charge in [-0.2, -0.15) is 0 Å². The Bertz CT molecular complexity index is 481. The van der Waals surface area contributed by atoms with E-state index in [1.807, 2.05) is 18.2 Å². The molecule has 21 heavy (non-hydrogen) atoms. The zero-order valence-electron chi connectivity index (χ0n) is 13.4. The Morgan fingerprint density at radius 3 is 2.71 bits per heavy atom. The van der Waals surface area contributed by atoms with Gasteiger partial charge < -0.3 is 4.74 Å². The second kappa shape index (κ2) is 9.19. The van der Waals surface area contributed by atoms with Gasteiger partial charge in [0, 0.05) is 25.1 Å². The molecule has 1 aromatic rings. The Balaban J connectivity index is 0.000000491. The monoisotopic (exact) mass is 291 g/mol. The topological polar surface area (TPSA) is 38.8 Å². The molecule has 0 saturated heterocycles. The van der Waals surface area contributed by atoms with Gasteiger partial charge >= 0.3 is 0 Å². The molecule has 0 unspecified atom stereocenters. The second-order valence-electron chi connectivity index (χ2n) is 4.77. The van der Waals surface area contributed by atoms with Crippen LogP contribution in [-0.2, 0) is 16.1 Å². The van der Waals surface area contributed by atoms with E-state index in [4.69, 9.17) is 9.57 Å². The molecule has 1 heterocycles. The number of benzene rings is 1. The molecule has 0 atom stereocenters. The molecule has 1 aliphatic heterocycles. The number of rotatable bonds is 4. The van der Waals surface area contributed by atoms with Gasteiger partial charge in [-0.05, 0) is 17.7 Å². The van der Waals surface area contributed by atoms with Crippen molar-refractivity contribution in [2.75, 3.05) is 20.8 Å². The minimum absolute atomic E-state index is 0.191. The molecular weight excluding hydrogens is 266 g/mol. The van der Waals surface area contributed by atoms with Crippen LogP contribution in [0.4, 0.5) is 0 Å². The van der Waals surface area contributed by atoms with Crippen molar-refractivity contribution in [3.8, 4) is 5.75 Å². The van der Waals surface area contributed by atoms with Crippen LogP contribution < -0.4 is 4.74 Å². The number of hydrogen-bond donors (Lipinski definition) is 0. The minimum Gasteiger partial charge on any atom is -0.493 e. The van der Waals surface area contributed by atoms with Gasteiger partial charge in [-0.15, -0.1) is 0 Å². The fourth-order valence-corrected chi connectivity index (χ4v) is 1.76. The summed E-state index contributed by atoms with van der Waals surface area (Å²) in [5, 5.41) is 1.18. The van der Waals surface area contributed by atoms with E-state index in [-0.39, 0.29) is 5.91 Å². The third-order valence-electron chi connectivity index (χ3n) is 3.27. The Morgan fingerprint density at radius 1 is 1.38 bits per heavy atom. The summed E-state index contributed by atoms with van der Waals surface area (Å²) in [5.41, 5.74) is 2.19. The van der Waals surface area contributed by atoms with Gasteiger partial charge in [0.1, 0.15) is 5.75 Å². The highest BCUT2D eigenvalue weighted by Gasteiger charge is 2.14. The number of amides is 1. The maximum absolute atomic E-state index is 11.5. The molecule has 1 amide bonds. The van der Waals surface area contributed by atoms with E-state index in [0.717, 1.165) is 23.3 Å².